The lowest BCUT2D eigenvalue weighted by atomic mass is 10.2. The van der Waals surface area contributed by atoms with Crippen LogP contribution in [0.4, 0.5) is 5.69 Å². The topological polar surface area (TPSA) is 73.9 Å². The first kappa shape index (κ1) is 18.1. The van der Waals surface area contributed by atoms with E-state index in [2.05, 4.69) is 5.32 Å². The van der Waals surface area contributed by atoms with Crippen molar-refractivity contribution in [2.45, 2.75) is 0 Å². The maximum absolute atomic E-state index is 11.8. The van der Waals surface area contributed by atoms with Crippen LogP contribution >= 0.6 is 0 Å². The van der Waals surface area contributed by atoms with E-state index in [1.807, 2.05) is 12.1 Å². The van der Waals surface area contributed by atoms with Crippen molar-refractivity contribution >= 4 is 23.6 Å². The Morgan fingerprint density at radius 1 is 1.04 bits per heavy atom. The Morgan fingerprint density at radius 2 is 1.84 bits per heavy atom. The minimum atomic E-state index is -0.619. The molecule has 2 aromatic rings. The summed E-state index contributed by atoms with van der Waals surface area (Å²) in [5, 5.41) is 2.62. The van der Waals surface area contributed by atoms with E-state index in [1.165, 1.54) is 13.2 Å². The molecule has 2 rings (SSSR count). The van der Waals surface area contributed by atoms with Crippen molar-refractivity contribution in [1.29, 1.82) is 0 Å². The highest BCUT2D eigenvalue weighted by Gasteiger charge is 2.07. The summed E-state index contributed by atoms with van der Waals surface area (Å²) in [6, 6.07) is 14.1. The Morgan fingerprint density at radius 3 is 2.60 bits per heavy atom. The molecule has 0 aromatic heterocycles. The Balaban J connectivity index is 1.84. The van der Waals surface area contributed by atoms with Crippen molar-refractivity contribution in [2.24, 2.45) is 0 Å². The van der Waals surface area contributed by atoms with Gasteiger partial charge in [-0.3, -0.25) is 4.79 Å². The molecule has 0 atom stereocenters. The first-order valence-corrected chi connectivity index (χ1v) is 7.54. The maximum Gasteiger partial charge on any atom is 0.331 e. The van der Waals surface area contributed by atoms with Gasteiger partial charge in [0.25, 0.3) is 5.91 Å². The zero-order chi connectivity index (χ0) is 18.1. The molecule has 0 aliphatic heterocycles. The number of anilines is 1. The largest absolute Gasteiger partial charge is 0.497 e. The van der Waals surface area contributed by atoms with E-state index < -0.39 is 11.9 Å². The molecule has 6 heteroatoms. The molecule has 0 heterocycles. The number of rotatable bonds is 7. The van der Waals surface area contributed by atoms with Gasteiger partial charge in [0.1, 0.15) is 11.5 Å². The number of carbonyl (C=O) groups excluding carboxylic acids is 2. The highest BCUT2D eigenvalue weighted by molar-refractivity contribution is 5.94. The van der Waals surface area contributed by atoms with Crippen molar-refractivity contribution in [1.82, 2.24) is 0 Å². The van der Waals surface area contributed by atoms with E-state index in [1.54, 1.807) is 49.6 Å². The van der Waals surface area contributed by atoms with Crippen LogP contribution in [0.15, 0.2) is 54.6 Å². The zero-order valence-corrected chi connectivity index (χ0v) is 14.0. The number of ether oxygens (including phenoxy) is 3. The molecule has 6 nitrogen and oxygen atoms in total. The summed E-state index contributed by atoms with van der Waals surface area (Å²) in [5.41, 5.74) is 1.30. The second-order valence-corrected chi connectivity index (χ2v) is 4.96. The molecule has 0 saturated carbocycles. The molecule has 0 bridgehead atoms. The Bertz CT molecular complexity index is 770. The molecular weight excluding hydrogens is 322 g/mol. The predicted molar refractivity (Wildman–Crippen MR) is 94.6 cm³/mol. The standard InChI is InChI=1S/C19H19NO5/c1-23-16-8-5-7-15(12-16)20-18(21)13-25-19(22)11-10-14-6-3-4-9-17(14)24-2/h3-12H,13H2,1-2H3,(H,20,21)/b11-10+. The summed E-state index contributed by atoms with van der Waals surface area (Å²) >= 11 is 0. The predicted octanol–water partition coefficient (Wildman–Crippen LogP) is 2.90. The smallest absolute Gasteiger partial charge is 0.331 e. The van der Waals surface area contributed by atoms with Crippen LogP contribution in [-0.2, 0) is 14.3 Å². The fourth-order valence-corrected chi connectivity index (χ4v) is 2.04. The lowest BCUT2D eigenvalue weighted by Gasteiger charge is -2.07. The van der Waals surface area contributed by atoms with Crippen LogP contribution in [0.3, 0.4) is 0 Å². The molecule has 0 aliphatic carbocycles. The zero-order valence-electron chi connectivity index (χ0n) is 14.0. The van der Waals surface area contributed by atoms with Crippen LogP contribution in [0.5, 0.6) is 11.5 Å². The van der Waals surface area contributed by atoms with Gasteiger partial charge in [0.2, 0.25) is 0 Å². The number of para-hydroxylation sites is 1. The summed E-state index contributed by atoms with van der Waals surface area (Å²) in [5.74, 6) is 0.204. The molecular formula is C19H19NO5. The highest BCUT2D eigenvalue weighted by atomic mass is 16.5. The van der Waals surface area contributed by atoms with Crippen LogP contribution in [0.1, 0.15) is 5.56 Å². The fraction of sp³-hybridized carbons (Fsp3) is 0.158. The van der Waals surface area contributed by atoms with Gasteiger partial charge in [-0.05, 0) is 24.3 Å². The lowest BCUT2D eigenvalue weighted by Crippen LogP contribution is -2.20. The molecule has 25 heavy (non-hydrogen) atoms. The molecule has 0 unspecified atom stereocenters. The number of hydrogen-bond acceptors (Lipinski definition) is 5. The first-order valence-electron chi connectivity index (χ1n) is 7.54. The summed E-state index contributed by atoms with van der Waals surface area (Å²) in [7, 11) is 3.09. The van der Waals surface area contributed by atoms with Crippen LogP contribution in [0.25, 0.3) is 6.08 Å². The van der Waals surface area contributed by atoms with Gasteiger partial charge in [-0.15, -0.1) is 0 Å². The average molecular weight is 341 g/mol. The molecule has 0 spiro atoms. The molecule has 1 N–H and O–H groups in total. The number of amides is 1. The number of carbonyl (C=O) groups is 2. The second kappa shape index (κ2) is 9.12. The number of esters is 1. The van der Waals surface area contributed by atoms with Crippen molar-refractivity contribution in [3.05, 3.63) is 60.2 Å². The molecule has 0 fully saturated rings. The van der Waals surface area contributed by atoms with E-state index in [0.29, 0.717) is 17.2 Å². The minimum Gasteiger partial charge on any atom is -0.497 e. The molecule has 0 saturated heterocycles. The van der Waals surface area contributed by atoms with Crippen molar-refractivity contribution in [3.63, 3.8) is 0 Å². The number of nitrogens with one attached hydrogen (secondary N) is 1. The van der Waals surface area contributed by atoms with Crippen LogP contribution in [0.2, 0.25) is 0 Å². The van der Waals surface area contributed by atoms with Crippen molar-refractivity contribution in [3.8, 4) is 11.5 Å². The number of methoxy groups -OCH3 is 2. The Labute approximate surface area is 146 Å². The average Bonchev–Trinajstić information content (AvgIpc) is 2.65. The lowest BCUT2D eigenvalue weighted by molar-refractivity contribution is -0.142. The highest BCUT2D eigenvalue weighted by Crippen LogP contribution is 2.18. The second-order valence-electron chi connectivity index (χ2n) is 4.96. The third kappa shape index (κ3) is 5.69. The van der Waals surface area contributed by atoms with Gasteiger partial charge in [0.15, 0.2) is 6.61 Å². The minimum absolute atomic E-state index is 0.383. The molecule has 0 aliphatic rings. The van der Waals surface area contributed by atoms with Crippen LogP contribution in [0, 0.1) is 0 Å². The Hall–Kier alpha value is -3.28. The van der Waals surface area contributed by atoms with Gasteiger partial charge in [-0.1, -0.05) is 24.3 Å². The summed E-state index contributed by atoms with van der Waals surface area (Å²) in [6.07, 6.45) is 2.82. The third-order valence-electron chi connectivity index (χ3n) is 3.24. The molecule has 130 valence electrons. The van der Waals surface area contributed by atoms with E-state index in [9.17, 15) is 9.59 Å². The fourth-order valence-electron chi connectivity index (χ4n) is 2.04. The SMILES string of the molecule is COc1cccc(NC(=O)COC(=O)/C=C/c2ccccc2OC)c1. The molecule has 0 radical (unpaired) electrons. The van der Waals surface area contributed by atoms with Crippen LogP contribution in [-0.4, -0.2) is 32.7 Å². The van der Waals surface area contributed by atoms with Gasteiger partial charge in [-0.2, -0.15) is 0 Å². The monoisotopic (exact) mass is 341 g/mol. The summed E-state index contributed by atoms with van der Waals surface area (Å²) < 4.78 is 15.2. The Kier molecular flexibility index (Phi) is 6.59. The molecule has 1 amide bonds. The van der Waals surface area contributed by atoms with Crippen LogP contribution < -0.4 is 14.8 Å². The van der Waals surface area contributed by atoms with Gasteiger partial charge >= 0.3 is 5.97 Å². The first-order chi connectivity index (χ1) is 12.1. The van der Waals surface area contributed by atoms with Gasteiger partial charge in [0, 0.05) is 23.4 Å². The molecule has 2 aromatic carbocycles. The van der Waals surface area contributed by atoms with Gasteiger partial charge in [0.05, 0.1) is 14.2 Å². The summed E-state index contributed by atoms with van der Waals surface area (Å²) in [4.78, 5) is 23.5. The van der Waals surface area contributed by atoms with E-state index >= 15 is 0 Å². The summed E-state index contributed by atoms with van der Waals surface area (Å²) in [6.45, 7) is -0.383. The third-order valence-corrected chi connectivity index (χ3v) is 3.24. The van der Waals surface area contributed by atoms with Crippen molar-refractivity contribution < 1.29 is 23.8 Å². The number of benzene rings is 2. The van der Waals surface area contributed by atoms with E-state index in [-0.39, 0.29) is 6.61 Å². The van der Waals surface area contributed by atoms with Crippen molar-refractivity contribution in [2.75, 3.05) is 26.1 Å². The maximum atomic E-state index is 11.8. The van der Waals surface area contributed by atoms with E-state index in [0.717, 1.165) is 5.56 Å². The normalized spacial score (nSPS) is 10.3. The quantitative estimate of drug-likeness (QED) is 0.619. The van der Waals surface area contributed by atoms with Gasteiger partial charge < -0.3 is 19.5 Å². The van der Waals surface area contributed by atoms with E-state index in [4.69, 9.17) is 14.2 Å². The number of hydrogen-bond donors (Lipinski definition) is 1. The van der Waals surface area contributed by atoms with Gasteiger partial charge in [-0.25, -0.2) is 4.79 Å².